The van der Waals surface area contributed by atoms with Crippen molar-refractivity contribution in [3.63, 3.8) is 0 Å². The number of ether oxygens (including phenoxy) is 2. The molecule has 0 radical (unpaired) electrons. The highest BCUT2D eigenvalue weighted by atomic mass is 32.2. The maximum atomic E-state index is 13.3. The third kappa shape index (κ3) is 3.97. The number of likely N-dealkylation sites (tertiary alicyclic amines) is 1. The number of hydrogen-bond acceptors (Lipinski definition) is 7. The number of methoxy groups -OCH3 is 2. The molecule has 0 aliphatic carbocycles. The summed E-state index contributed by atoms with van der Waals surface area (Å²) in [4.78, 5) is 27.4. The summed E-state index contributed by atoms with van der Waals surface area (Å²) in [6, 6.07) is 15.4. The van der Waals surface area contributed by atoms with Crippen molar-refractivity contribution in [3.05, 3.63) is 72.1 Å². The Morgan fingerprint density at radius 1 is 1.08 bits per heavy atom. The van der Waals surface area contributed by atoms with Crippen LogP contribution in [0.1, 0.15) is 16.5 Å². The smallest absolute Gasteiger partial charge is 0.270 e. The number of rotatable bonds is 6. The van der Waals surface area contributed by atoms with Crippen LogP contribution in [0.5, 0.6) is 11.5 Å². The predicted octanol–water partition coefficient (Wildman–Crippen LogP) is 4.50. The Morgan fingerprint density at radius 3 is 2.58 bits per heavy atom. The number of pyridine rings is 1. The normalized spacial score (nSPS) is 13.6. The van der Waals surface area contributed by atoms with Crippen LogP contribution in [0.15, 0.2) is 66.1 Å². The summed E-state index contributed by atoms with van der Waals surface area (Å²) in [7, 11) is 3.15. The Morgan fingerprint density at radius 2 is 1.87 bits per heavy atom. The van der Waals surface area contributed by atoms with Gasteiger partial charge in [0.25, 0.3) is 5.91 Å². The lowest BCUT2D eigenvalue weighted by Gasteiger charge is -2.40. The molecule has 4 heterocycles. The van der Waals surface area contributed by atoms with Crippen LogP contribution in [-0.2, 0) is 0 Å². The minimum Gasteiger partial charge on any atom is -0.493 e. The van der Waals surface area contributed by atoms with Gasteiger partial charge in [-0.25, -0.2) is 4.98 Å². The van der Waals surface area contributed by atoms with Gasteiger partial charge in [-0.3, -0.25) is 19.8 Å². The molecule has 6 rings (SSSR count). The fourth-order valence-electron chi connectivity index (χ4n) is 4.93. The minimum absolute atomic E-state index is 0.0412. The van der Waals surface area contributed by atoms with Crippen LogP contribution in [0, 0.1) is 5.41 Å². The molecule has 2 N–H and O–H groups in total. The summed E-state index contributed by atoms with van der Waals surface area (Å²) >= 11 is 1.48. The predicted molar refractivity (Wildman–Crippen MR) is 147 cm³/mol. The van der Waals surface area contributed by atoms with Gasteiger partial charge in [-0.1, -0.05) is 30.0 Å². The van der Waals surface area contributed by atoms with Crippen LogP contribution in [0.4, 0.5) is 0 Å². The number of hydrogen-bond donors (Lipinski definition) is 2. The number of benzene rings is 2. The van der Waals surface area contributed by atoms with Gasteiger partial charge in [0.2, 0.25) is 0 Å². The summed E-state index contributed by atoms with van der Waals surface area (Å²) < 4.78 is 12.8. The van der Waals surface area contributed by atoms with Crippen molar-refractivity contribution in [2.45, 2.75) is 11.2 Å². The summed E-state index contributed by atoms with van der Waals surface area (Å²) in [5, 5.41) is 11.3. The Balaban J connectivity index is 1.26. The molecule has 0 spiro atoms. The monoisotopic (exact) mass is 526 g/mol. The van der Waals surface area contributed by atoms with Gasteiger partial charge < -0.3 is 19.4 Å². The molecule has 3 aromatic heterocycles. The molecule has 0 unspecified atom stereocenters. The molecule has 1 saturated heterocycles. The van der Waals surface area contributed by atoms with E-state index >= 15 is 0 Å². The fraction of sp³-hybridized carbons (Fsp3) is 0.214. The standard InChI is InChI=1S/C28H26N6O3S/c1-36-24-11-20-22(12-25(24)37-2)32-28(38-3)34(26(20)29)19-14-33(15-19)27(35)23-10-17-7-6-16(9-21(17)31-23)18-5-4-8-30-13-18/h4-13,19,29,31H,14-15H2,1-3H3. The zero-order valence-corrected chi connectivity index (χ0v) is 22.0. The highest BCUT2D eigenvalue weighted by Crippen LogP contribution is 2.33. The quantitative estimate of drug-likeness (QED) is 0.249. The lowest BCUT2D eigenvalue weighted by molar-refractivity contribution is 0.0492. The van der Waals surface area contributed by atoms with Gasteiger partial charge in [-0.05, 0) is 36.1 Å². The first-order chi connectivity index (χ1) is 18.5. The molecule has 1 fully saturated rings. The minimum atomic E-state index is -0.0571. The first-order valence-corrected chi connectivity index (χ1v) is 13.3. The molecular weight excluding hydrogens is 500 g/mol. The van der Waals surface area contributed by atoms with Gasteiger partial charge in [0.15, 0.2) is 16.7 Å². The van der Waals surface area contributed by atoms with Crippen LogP contribution in [0.3, 0.4) is 0 Å². The van der Waals surface area contributed by atoms with E-state index in [1.54, 1.807) is 37.4 Å². The zero-order valence-electron chi connectivity index (χ0n) is 21.2. The summed E-state index contributed by atoms with van der Waals surface area (Å²) in [5.41, 5.74) is 4.53. The molecule has 192 valence electrons. The molecule has 0 saturated carbocycles. The average molecular weight is 527 g/mol. The number of amides is 1. The third-order valence-corrected chi connectivity index (χ3v) is 7.62. The van der Waals surface area contributed by atoms with E-state index in [-0.39, 0.29) is 11.9 Å². The van der Waals surface area contributed by atoms with E-state index < -0.39 is 0 Å². The average Bonchev–Trinajstić information content (AvgIpc) is 3.36. The lowest BCUT2D eigenvalue weighted by atomic mass is 10.1. The van der Waals surface area contributed by atoms with Crippen molar-refractivity contribution < 1.29 is 14.3 Å². The van der Waals surface area contributed by atoms with E-state index in [1.165, 1.54) is 11.8 Å². The van der Waals surface area contributed by atoms with Gasteiger partial charge >= 0.3 is 0 Å². The SMILES string of the molecule is COc1cc2nc(SC)n(C3CN(C(=O)c4cc5ccc(-c6cccnc6)cc5[nH]4)C3)c(=N)c2cc1OC. The van der Waals surface area contributed by atoms with Crippen molar-refractivity contribution in [2.24, 2.45) is 0 Å². The molecule has 38 heavy (non-hydrogen) atoms. The molecule has 0 bridgehead atoms. The van der Waals surface area contributed by atoms with Crippen LogP contribution in [-0.4, -0.2) is 63.9 Å². The molecule has 1 aliphatic heterocycles. The van der Waals surface area contributed by atoms with Crippen molar-refractivity contribution in [1.82, 2.24) is 24.4 Å². The van der Waals surface area contributed by atoms with E-state index in [9.17, 15) is 4.79 Å². The molecule has 0 atom stereocenters. The number of aromatic amines is 1. The summed E-state index contributed by atoms with van der Waals surface area (Å²) in [6.07, 6.45) is 5.52. The highest BCUT2D eigenvalue weighted by Gasteiger charge is 2.35. The highest BCUT2D eigenvalue weighted by molar-refractivity contribution is 7.98. The van der Waals surface area contributed by atoms with E-state index in [2.05, 4.69) is 9.97 Å². The number of nitrogens with one attached hydrogen (secondary N) is 2. The molecule has 9 nitrogen and oxygen atoms in total. The van der Waals surface area contributed by atoms with Crippen molar-refractivity contribution in [1.29, 1.82) is 5.41 Å². The lowest BCUT2D eigenvalue weighted by Crippen LogP contribution is -2.53. The van der Waals surface area contributed by atoms with Crippen LogP contribution >= 0.6 is 11.8 Å². The summed E-state index contributed by atoms with van der Waals surface area (Å²) in [5.74, 6) is 1.07. The fourth-order valence-corrected chi connectivity index (χ4v) is 5.55. The topological polar surface area (TPSA) is 109 Å². The number of carbonyl (C=O) groups excluding carboxylic acids is 1. The maximum Gasteiger partial charge on any atom is 0.270 e. The van der Waals surface area contributed by atoms with Crippen LogP contribution in [0.2, 0.25) is 0 Å². The van der Waals surface area contributed by atoms with Crippen molar-refractivity contribution in [2.75, 3.05) is 33.6 Å². The van der Waals surface area contributed by atoms with Gasteiger partial charge in [0, 0.05) is 53.4 Å². The van der Waals surface area contributed by atoms with Gasteiger partial charge in [-0.2, -0.15) is 0 Å². The molecule has 1 amide bonds. The molecule has 10 heteroatoms. The molecule has 1 aliphatic rings. The van der Waals surface area contributed by atoms with E-state index in [4.69, 9.17) is 19.9 Å². The number of carbonyl (C=O) groups is 1. The first-order valence-electron chi connectivity index (χ1n) is 12.1. The Bertz CT molecular complexity index is 1740. The Hall–Kier alpha value is -4.31. The second-order valence-corrected chi connectivity index (χ2v) is 9.91. The van der Waals surface area contributed by atoms with E-state index in [0.717, 1.165) is 27.2 Å². The van der Waals surface area contributed by atoms with Gasteiger partial charge in [0.05, 0.1) is 25.8 Å². The third-order valence-electron chi connectivity index (χ3n) is 6.97. The van der Waals surface area contributed by atoms with Crippen molar-refractivity contribution >= 4 is 39.5 Å². The van der Waals surface area contributed by atoms with Gasteiger partial charge in [0.1, 0.15) is 11.2 Å². The number of thioether (sulfide) groups is 1. The Kier molecular flexibility index (Phi) is 6.03. The van der Waals surface area contributed by atoms with E-state index in [0.29, 0.717) is 46.7 Å². The largest absolute Gasteiger partial charge is 0.493 e. The second kappa shape index (κ2) is 9.53. The number of nitrogens with zero attached hydrogens (tertiary/aromatic N) is 4. The Labute approximate surface area is 222 Å². The summed E-state index contributed by atoms with van der Waals surface area (Å²) in [6.45, 7) is 0.999. The van der Waals surface area contributed by atoms with Gasteiger partial charge in [-0.15, -0.1) is 0 Å². The second-order valence-electron chi connectivity index (χ2n) is 9.13. The molecular formula is C28H26N6O3S. The van der Waals surface area contributed by atoms with Crippen molar-refractivity contribution in [3.8, 4) is 22.6 Å². The number of H-pyrrole nitrogens is 1. The zero-order chi connectivity index (χ0) is 26.4. The molecule has 5 aromatic rings. The maximum absolute atomic E-state index is 13.3. The molecule has 2 aromatic carbocycles. The first kappa shape index (κ1) is 24.1. The van der Waals surface area contributed by atoms with Crippen LogP contribution in [0.25, 0.3) is 32.9 Å². The van der Waals surface area contributed by atoms with Crippen LogP contribution < -0.4 is 15.0 Å². The van der Waals surface area contributed by atoms with E-state index in [1.807, 2.05) is 53.4 Å². The number of aromatic nitrogens is 4. The number of fused-ring (bicyclic) bond motifs is 2.